The minimum Gasteiger partial charge on any atom is -0.459 e. The highest BCUT2D eigenvalue weighted by atomic mass is 16.6. The van der Waals surface area contributed by atoms with Crippen molar-refractivity contribution in [2.45, 2.75) is 52.2 Å². The van der Waals surface area contributed by atoms with Crippen LogP contribution in [0.25, 0.3) is 0 Å². The summed E-state index contributed by atoms with van der Waals surface area (Å²) >= 11 is 0. The van der Waals surface area contributed by atoms with Crippen LogP contribution in [0.4, 0.5) is 0 Å². The molecule has 1 unspecified atom stereocenters. The number of carbonyl (C=O) groups excluding carboxylic acids is 1. The molecular weight excluding hydrogens is 226 g/mol. The number of carbonyl (C=O) groups is 1. The maximum absolute atomic E-state index is 11.9. The van der Waals surface area contributed by atoms with Crippen molar-refractivity contribution in [3.8, 4) is 0 Å². The predicted molar refractivity (Wildman–Crippen MR) is 73.4 cm³/mol. The van der Waals surface area contributed by atoms with Crippen molar-refractivity contribution in [1.29, 1.82) is 0 Å². The number of benzene rings is 1. The number of nitrogens with two attached hydrogens (primary N) is 1. The van der Waals surface area contributed by atoms with Crippen LogP contribution < -0.4 is 5.73 Å². The molecule has 0 spiro atoms. The lowest BCUT2D eigenvalue weighted by Gasteiger charge is -2.25. The molecule has 0 aromatic heterocycles. The number of hydrogen-bond donors (Lipinski definition) is 1. The predicted octanol–water partition coefficient (Wildman–Crippen LogP) is 2.77. The number of rotatable bonds is 3. The first-order valence-electron chi connectivity index (χ1n) is 6.26. The molecule has 0 aliphatic rings. The SMILES string of the molecule is Cc1ccc(C(C)[C@H](N)C(=O)OC(C)(C)C)cc1. The molecule has 0 aliphatic heterocycles. The van der Waals surface area contributed by atoms with Gasteiger partial charge in [0, 0.05) is 5.92 Å². The molecule has 0 radical (unpaired) electrons. The standard InChI is InChI=1S/C15H23NO2/c1-10-6-8-12(9-7-10)11(2)13(16)14(17)18-15(3,4)5/h6-9,11,13H,16H2,1-5H3/t11?,13-/m0/s1. The minimum absolute atomic E-state index is 0.0551. The normalized spacial score (nSPS) is 15.0. The van der Waals surface area contributed by atoms with Crippen molar-refractivity contribution in [1.82, 2.24) is 0 Å². The maximum atomic E-state index is 11.9. The van der Waals surface area contributed by atoms with Crippen LogP contribution in [0.1, 0.15) is 44.7 Å². The van der Waals surface area contributed by atoms with E-state index in [4.69, 9.17) is 10.5 Å². The van der Waals surface area contributed by atoms with Crippen LogP contribution in [0.2, 0.25) is 0 Å². The minimum atomic E-state index is -0.632. The van der Waals surface area contributed by atoms with Gasteiger partial charge in [0.05, 0.1) is 0 Å². The van der Waals surface area contributed by atoms with Gasteiger partial charge in [-0.25, -0.2) is 0 Å². The molecule has 2 atom stereocenters. The van der Waals surface area contributed by atoms with Gasteiger partial charge < -0.3 is 10.5 Å². The second-order valence-electron chi connectivity index (χ2n) is 5.76. The van der Waals surface area contributed by atoms with Gasteiger partial charge in [0.25, 0.3) is 0 Å². The Morgan fingerprint density at radius 3 is 2.17 bits per heavy atom. The summed E-state index contributed by atoms with van der Waals surface area (Å²) in [5.41, 5.74) is 7.71. The summed E-state index contributed by atoms with van der Waals surface area (Å²) < 4.78 is 5.30. The van der Waals surface area contributed by atoms with E-state index in [-0.39, 0.29) is 11.9 Å². The molecule has 0 saturated carbocycles. The Morgan fingerprint density at radius 2 is 1.72 bits per heavy atom. The summed E-state index contributed by atoms with van der Waals surface area (Å²) in [5.74, 6) is -0.406. The third kappa shape index (κ3) is 4.15. The van der Waals surface area contributed by atoms with Crippen LogP contribution in [-0.4, -0.2) is 17.6 Å². The molecule has 0 aliphatic carbocycles. The van der Waals surface area contributed by atoms with E-state index in [9.17, 15) is 4.79 Å². The third-order valence-corrected chi connectivity index (χ3v) is 2.82. The molecule has 1 rings (SSSR count). The summed E-state index contributed by atoms with van der Waals surface area (Å²) in [4.78, 5) is 11.9. The van der Waals surface area contributed by atoms with E-state index in [2.05, 4.69) is 0 Å². The van der Waals surface area contributed by atoms with Crippen LogP contribution in [-0.2, 0) is 9.53 Å². The lowest BCUT2D eigenvalue weighted by Crippen LogP contribution is -2.40. The van der Waals surface area contributed by atoms with Gasteiger partial charge in [-0.1, -0.05) is 36.8 Å². The average Bonchev–Trinajstić information content (AvgIpc) is 2.26. The first-order valence-corrected chi connectivity index (χ1v) is 6.26. The fourth-order valence-electron chi connectivity index (χ4n) is 1.65. The molecule has 0 bridgehead atoms. The smallest absolute Gasteiger partial charge is 0.324 e. The Labute approximate surface area is 109 Å². The highest BCUT2D eigenvalue weighted by molar-refractivity contribution is 5.77. The Balaban J connectivity index is 2.74. The van der Waals surface area contributed by atoms with Gasteiger partial charge in [-0.05, 0) is 33.3 Å². The lowest BCUT2D eigenvalue weighted by molar-refractivity contribution is -0.156. The lowest BCUT2D eigenvalue weighted by atomic mass is 9.93. The average molecular weight is 249 g/mol. The monoisotopic (exact) mass is 249 g/mol. The van der Waals surface area contributed by atoms with Crippen molar-refractivity contribution >= 4 is 5.97 Å². The molecule has 1 aromatic carbocycles. The summed E-state index contributed by atoms with van der Waals surface area (Å²) in [7, 11) is 0. The molecule has 0 fully saturated rings. The number of hydrogen-bond acceptors (Lipinski definition) is 3. The van der Waals surface area contributed by atoms with Gasteiger partial charge in [0.2, 0.25) is 0 Å². The molecule has 3 nitrogen and oxygen atoms in total. The Bertz CT molecular complexity index is 403. The summed E-state index contributed by atoms with van der Waals surface area (Å²) in [6, 6.07) is 7.42. The summed E-state index contributed by atoms with van der Waals surface area (Å²) in [5, 5.41) is 0. The maximum Gasteiger partial charge on any atom is 0.324 e. The quantitative estimate of drug-likeness (QED) is 0.838. The number of aryl methyl sites for hydroxylation is 1. The molecule has 0 heterocycles. The third-order valence-electron chi connectivity index (χ3n) is 2.82. The van der Waals surface area contributed by atoms with Crippen LogP contribution in [0.5, 0.6) is 0 Å². The van der Waals surface area contributed by atoms with Gasteiger partial charge in [-0.2, -0.15) is 0 Å². The first kappa shape index (κ1) is 14.7. The molecule has 100 valence electrons. The molecule has 18 heavy (non-hydrogen) atoms. The molecular formula is C15H23NO2. The Hall–Kier alpha value is -1.35. The summed E-state index contributed by atoms with van der Waals surface area (Å²) in [6.45, 7) is 9.50. The number of esters is 1. The van der Waals surface area contributed by atoms with E-state index in [1.165, 1.54) is 5.56 Å². The Kier molecular flexibility index (Phi) is 4.52. The highest BCUT2D eigenvalue weighted by Gasteiger charge is 2.27. The highest BCUT2D eigenvalue weighted by Crippen LogP contribution is 2.20. The van der Waals surface area contributed by atoms with Crippen LogP contribution >= 0.6 is 0 Å². The van der Waals surface area contributed by atoms with E-state index >= 15 is 0 Å². The topological polar surface area (TPSA) is 52.3 Å². The molecule has 3 heteroatoms. The van der Waals surface area contributed by atoms with E-state index in [1.54, 1.807) is 0 Å². The summed E-state index contributed by atoms with van der Waals surface area (Å²) in [6.07, 6.45) is 0. The largest absolute Gasteiger partial charge is 0.459 e. The van der Waals surface area contributed by atoms with E-state index in [0.717, 1.165) is 5.56 Å². The van der Waals surface area contributed by atoms with Gasteiger partial charge in [0.1, 0.15) is 11.6 Å². The second-order valence-corrected chi connectivity index (χ2v) is 5.76. The van der Waals surface area contributed by atoms with Gasteiger partial charge >= 0.3 is 5.97 Å². The van der Waals surface area contributed by atoms with Crippen molar-refractivity contribution in [2.75, 3.05) is 0 Å². The van der Waals surface area contributed by atoms with Gasteiger partial charge in [-0.3, -0.25) is 4.79 Å². The van der Waals surface area contributed by atoms with Crippen molar-refractivity contribution in [2.24, 2.45) is 5.73 Å². The molecule has 2 N–H and O–H groups in total. The molecule has 0 amide bonds. The van der Waals surface area contributed by atoms with Crippen LogP contribution in [0, 0.1) is 6.92 Å². The zero-order valence-corrected chi connectivity index (χ0v) is 11.9. The zero-order valence-electron chi connectivity index (χ0n) is 11.9. The van der Waals surface area contributed by atoms with Crippen molar-refractivity contribution in [3.63, 3.8) is 0 Å². The van der Waals surface area contributed by atoms with E-state index in [0.29, 0.717) is 0 Å². The van der Waals surface area contributed by atoms with Gasteiger partial charge in [-0.15, -0.1) is 0 Å². The fraction of sp³-hybridized carbons (Fsp3) is 0.533. The van der Waals surface area contributed by atoms with Crippen molar-refractivity contribution < 1.29 is 9.53 Å². The second kappa shape index (κ2) is 5.53. The molecule has 1 aromatic rings. The molecule has 0 saturated heterocycles. The zero-order chi connectivity index (χ0) is 13.9. The fourth-order valence-corrected chi connectivity index (χ4v) is 1.65. The van der Waals surface area contributed by atoms with Crippen LogP contribution in [0.3, 0.4) is 0 Å². The van der Waals surface area contributed by atoms with E-state index < -0.39 is 11.6 Å². The van der Waals surface area contributed by atoms with Gasteiger partial charge in [0.15, 0.2) is 0 Å². The van der Waals surface area contributed by atoms with E-state index in [1.807, 2.05) is 58.9 Å². The van der Waals surface area contributed by atoms with Crippen LogP contribution in [0.15, 0.2) is 24.3 Å². The van der Waals surface area contributed by atoms with Crippen molar-refractivity contribution in [3.05, 3.63) is 35.4 Å². The number of ether oxygens (including phenoxy) is 1. The Morgan fingerprint density at radius 1 is 1.22 bits per heavy atom. The first-order chi connectivity index (χ1) is 8.20.